The van der Waals surface area contributed by atoms with Crippen LogP contribution in [0.3, 0.4) is 0 Å². The van der Waals surface area contributed by atoms with Crippen LogP contribution in [0.2, 0.25) is 0 Å². The van der Waals surface area contributed by atoms with Gasteiger partial charge in [-0.2, -0.15) is 0 Å². The Hall–Kier alpha value is -2.98. The van der Waals surface area contributed by atoms with Gasteiger partial charge in [0, 0.05) is 18.7 Å². The smallest absolute Gasteiger partial charge is 0.251 e. The monoisotopic (exact) mass is 416 g/mol. The summed E-state index contributed by atoms with van der Waals surface area (Å²) in [5.74, 6) is 0.384. The van der Waals surface area contributed by atoms with Crippen LogP contribution in [0.4, 0.5) is 4.39 Å². The van der Waals surface area contributed by atoms with Gasteiger partial charge in [-0.05, 0) is 79.2 Å². The van der Waals surface area contributed by atoms with Crippen LogP contribution >= 0.6 is 0 Å². The molecule has 0 atom stereocenters. The van der Waals surface area contributed by atoms with Crippen LogP contribution in [0.25, 0.3) is 0 Å². The van der Waals surface area contributed by atoms with Crippen LogP contribution < -0.4 is 5.32 Å². The summed E-state index contributed by atoms with van der Waals surface area (Å²) < 4.78 is 13.0. The second kappa shape index (κ2) is 10.4. The Morgan fingerprint density at radius 2 is 1.48 bits per heavy atom. The van der Waals surface area contributed by atoms with E-state index in [0.717, 1.165) is 31.1 Å². The van der Waals surface area contributed by atoms with E-state index in [4.69, 9.17) is 0 Å². The van der Waals surface area contributed by atoms with Crippen molar-refractivity contribution in [2.75, 3.05) is 13.1 Å². The molecule has 1 aliphatic rings. The van der Waals surface area contributed by atoms with Gasteiger partial charge in [0.1, 0.15) is 5.82 Å². The number of benzene rings is 3. The fourth-order valence-corrected chi connectivity index (χ4v) is 4.20. The van der Waals surface area contributed by atoms with Gasteiger partial charge in [0.05, 0.1) is 0 Å². The average Bonchev–Trinajstić information content (AvgIpc) is 2.81. The Morgan fingerprint density at radius 1 is 0.839 bits per heavy atom. The second-order valence-electron chi connectivity index (χ2n) is 8.42. The third-order valence-corrected chi connectivity index (χ3v) is 6.06. The molecule has 1 amide bonds. The van der Waals surface area contributed by atoms with Crippen molar-refractivity contribution >= 4 is 5.91 Å². The number of piperidine rings is 1. The highest BCUT2D eigenvalue weighted by molar-refractivity contribution is 5.94. The van der Waals surface area contributed by atoms with Gasteiger partial charge in [0.25, 0.3) is 5.91 Å². The molecule has 0 aliphatic carbocycles. The molecule has 1 fully saturated rings. The molecule has 0 saturated carbocycles. The Balaban J connectivity index is 1.22. The minimum Gasteiger partial charge on any atom is -0.348 e. The Labute approximate surface area is 183 Å². The lowest BCUT2D eigenvalue weighted by Gasteiger charge is -2.32. The van der Waals surface area contributed by atoms with Crippen LogP contribution in [0, 0.1) is 11.7 Å². The predicted molar refractivity (Wildman–Crippen MR) is 122 cm³/mol. The van der Waals surface area contributed by atoms with Crippen LogP contribution in [0.5, 0.6) is 0 Å². The molecule has 3 aromatic carbocycles. The molecule has 4 rings (SSSR count). The lowest BCUT2D eigenvalue weighted by molar-refractivity contribution is 0.0951. The summed E-state index contributed by atoms with van der Waals surface area (Å²) in [6.07, 6.45) is 3.65. The maximum absolute atomic E-state index is 13.0. The van der Waals surface area contributed by atoms with E-state index in [2.05, 4.69) is 40.5 Å². The second-order valence-corrected chi connectivity index (χ2v) is 8.42. The van der Waals surface area contributed by atoms with Gasteiger partial charge in [0.2, 0.25) is 0 Å². The Kier molecular flexibility index (Phi) is 7.11. The summed E-state index contributed by atoms with van der Waals surface area (Å²) in [7, 11) is 0. The van der Waals surface area contributed by atoms with Crippen molar-refractivity contribution in [1.29, 1.82) is 0 Å². The molecule has 1 saturated heterocycles. The first kappa shape index (κ1) is 21.3. The third kappa shape index (κ3) is 6.25. The molecule has 1 heterocycles. The molecule has 31 heavy (non-hydrogen) atoms. The summed E-state index contributed by atoms with van der Waals surface area (Å²) in [6.45, 7) is 3.56. The van der Waals surface area contributed by atoms with Gasteiger partial charge in [-0.25, -0.2) is 4.39 Å². The summed E-state index contributed by atoms with van der Waals surface area (Å²) >= 11 is 0. The lowest BCUT2D eigenvalue weighted by Crippen LogP contribution is -2.33. The molecule has 0 bridgehead atoms. The lowest BCUT2D eigenvalue weighted by atomic mass is 9.90. The molecule has 160 valence electrons. The zero-order valence-corrected chi connectivity index (χ0v) is 17.8. The van der Waals surface area contributed by atoms with Gasteiger partial charge < -0.3 is 5.32 Å². The number of nitrogens with one attached hydrogen (secondary N) is 1. The van der Waals surface area contributed by atoms with Crippen molar-refractivity contribution in [2.45, 2.75) is 32.4 Å². The van der Waals surface area contributed by atoms with Gasteiger partial charge in [-0.3, -0.25) is 9.69 Å². The fourth-order valence-electron chi connectivity index (χ4n) is 4.20. The molecule has 3 aromatic rings. The highest BCUT2D eigenvalue weighted by Crippen LogP contribution is 2.23. The summed E-state index contributed by atoms with van der Waals surface area (Å²) in [4.78, 5) is 14.9. The zero-order chi connectivity index (χ0) is 21.5. The standard InChI is InChI=1S/C27H29FN2O/c28-26-12-8-23(9-13-26)19-29-27(31)25-10-6-24(7-11-25)20-30-16-14-22(15-17-30)18-21-4-2-1-3-5-21/h1-13,22H,14-20H2,(H,29,31). The number of hydrogen-bond acceptors (Lipinski definition) is 2. The van der Waals surface area contributed by atoms with Crippen molar-refractivity contribution in [2.24, 2.45) is 5.92 Å². The topological polar surface area (TPSA) is 32.3 Å². The van der Waals surface area contributed by atoms with E-state index in [1.54, 1.807) is 12.1 Å². The van der Waals surface area contributed by atoms with Crippen LogP contribution in [-0.4, -0.2) is 23.9 Å². The van der Waals surface area contributed by atoms with Crippen LogP contribution in [-0.2, 0) is 19.5 Å². The van der Waals surface area contributed by atoms with E-state index in [-0.39, 0.29) is 11.7 Å². The normalized spacial score (nSPS) is 15.0. The number of nitrogens with zero attached hydrogens (tertiary/aromatic N) is 1. The van der Waals surface area contributed by atoms with Crippen molar-refractivity contribution in [1.82, 2.24) is 10.2 Å². The molecule has 1 N–H and O–H groups in total. The van der Waals surface area contributed by atoms with Gasteiger partial charge in [0.15, 0.2) is 0 Å². The van der Waals surface area contributed by atoms with E-state index in [1.807, 2.05) is 24.3 Å². The number of carbonyl (C=O) groups excluding carboxylic acids is 1. The first-order chi connectivity index (χ1) is 15.2. The molecular weight excluding hydrogens is 387 g/mol. The number of rotatable bonds is 7. The minimum absolute atomic E-state index is 0.113. The first-order valence-corrected chi connectivity index (χ1v) is 11.0. The Bertz CT molecular complexity index is 962. The molecule has 1 aliphatic heterocycles. The maximum Gasteiger partial charge on any atom is 0.251 e. The van der Waals surface area contributed by atoms with Crippen molar-refractivity contribution in [3.63, 3.8) is 0 Å². The predicted octanol–water partition coefficient (Wildman–Crippen LogP) is 5.21. The van der Waals surface area contributed by atoms with E-state index < -0.39 is 0 Å². The molecule has 0 aromatic heterocycles. The van der Waals surface area contributed by atoms with Crippen molar-refractivity contribution in [3.05, 3.63) is 107 Å². The number of likely N-dealkylation sites (tertiary alicyclic amines) is 1. The highest BCUT2D eigenvalue weighted by Gasteiger charge is 2.19. The number of carbonyl (C=O) groups is 1. The highest BCUT2D eigenvalue weighted by atomic mass is 19.1. The third-order valence-electron chi connectivity index (χ3n) is 6.06. The molecule has 0 unspecified atom stereocenters. The molecule has 0 radical (unpaired) electrons. The van der Waals surface area contributed by atoms with Crippen LogP contribution in [0.1, 0.15) is 39.9 Å². The van der Waals surface area contributed by atoms with Gasteiger partial charge >= 0.3 is 0 Å². The Morgan fingerprint density at radius 3 is 2.16 bits per heavy atom. The van der Waals surface area contributed by atoms with E-state index in [1.165, 1.54) is 42.5 Å². The largest absolute Gasteiger partial charge is 0.348 e. The quantitative estimate of drug-likeness (QED) is 0.573. The number of hydrogen-bond donors (Lipinski definition) is 1. The molecule has 4 heteroatoms. The van der Waals surface area contributed by atoms with Crippen molar-refractivity contribution < 1.29 is 9.18 Å². The van der Waals surface area contributed by atoms with E-state index in [9.17, 15) is 9.18 Å². The number of amides is 1. The van der Waals surface area contributed by atoms with Gasteiger partial charge in [-0.15, -0.1) is 0 Å². The number of halogens is 1. The SMILES string of the molecule is O=C(NCc1ccc(F)cc1)c1ccc(CN2CCC(Cc3ccccc3)CC2)cc1. The van der Waals surface area contributed by atoms with Gasteiger partial charge in [-0.1, -0.05) is 54.6 Å². The van der Waals surface area contributed by atoms with Crippen molar-refractivity contribution in [3.8, 4) is 0 Å². The maximum atomic E-state index is 13.0. The zero-order valence-electron chi connectivity index (χ0n) is 17.8. The van der Waals surface area contributed by atoms with E-state index >= 15 is 0 Å². The fraction of sp³-hybridized carbons (Fsp3) is 0.296. The minimum atomic E-state index is -0.272. The van der Waals surface area contributed by atoms with Crippen LogP contribution in [0.15, 0.2) is 78.9 Å². The summed E-state index contributed by atoms with van der Waals surface area (Å²) in [6, 6.07) is 24.8. The molecule has 3 nitrogen and oxygen atoms in total. The average molecular weight is 417 g/mol. The molecular formula is C27H29FN2O. The first-order valence-electron chi connectivity index (χ1n) is 11.0. The summed E-state index contributed by atoms with van der Waals surface area (Å²) in [5, 5.41) is 2.89. The van der Waals surface area contributed by atoms with E-state index in [0.29, 0.717) is 12.1 Å². The summed E-state index contributed by atoms with van der Waals surface area (Å²) in [5.41, 5.74) is 4.19. The molecule has 0 spiro atoms.